The van der Waals surface area contributed by atoms with Gasteiger partial charge in [-0.15, -0.1) is 0 Å². The van der Waals surface area contributed by atoms with Gasteiger partial charge < -0.3 is 10.6 Å². The van der Waals surface area contributed by atoms with Crippen LogP contribution in [0.2, 0.25) is 0 Å². The Labute approximate surface area is 149 Å². The second kappa shape index (κ2) is 8.72. The number of anilines is 1. The monoisotopic (exact) mass is 359 g/mol. The molecule has 26 heavy (non-hydrogen) atoms. The van der Waals surface area contributed by atoms with E-state index in [-0.39, 0.29) is 5.57 Å². The molecule has 2 rings (SSSR count). The van der Waals surface area contributed by atoms with Gasteiger partial charge in [0.1, 0.15) is 11.6 Å². The highest BCUT2D eigenvalue weighted by Gasteiger charge is 2.29. The Morgan fingerprint density at radius 2 is 1.73 bits per heavy atom. The Morgan fingerprint density at radius 1 is 1.08 bits per heavy atom. The molecule has 0 saturated heterocycles. The van der Waals surface area contributed by atoms with E-state index in [9.17, 15) is 18.0 Å². The lowest BCUT2D eigenvalue weighted by atomic mass is 10.1. The predicted molar refractivity (Wildman–Crippen MR) is 91.9 cm³/mol. The molecule has 7 heteroatoms. The molecule has 1 amide bonds. The van der Waals surface area contributed by atoms with Gasteiger partial charge in [-0.1, -0.05) is 30.3 Å². The first-order chi connectivity index (χ1) is 12.4. The third kappa shape index (κ3) is 5.67. The van der Waals surface area contributed by atoms with E-state index >= 15 is 0 Å². The molecule has 0 radical (unpaired) electrons. The zero-order valence-electron chi connectivity index (χ0n) is 13.7. The second-order valence-corrected chi connectivity index (χ2v) is 5.38. The summed E-state index contributed by atoms with van der Waals surface area (Å²) in [6, 6.07) is 15.6. The lowest BCUT2D eigenvalue weighted by Gasteiger charge is -2.08. The first-order valence-corrected chi connectivity index (χ1v) is 7.76. The molecule has 0 saturated carbocycles. The number of hydrogen-bond acceptors (Lipinski definition) is 3. The molecule has 0 spiro atoms. The Bertz CT molecular complexity index is 807. The van der Waals surface area contributed by atoms with E-state index < -0.39 is 17.6 Å². The largest absolute Gasteiger partial charge is 0.416 e. The molecule has 0 unspecified atom stereocenters. The molecule has 0 heterocycles. The normalized spacial score (nSPS) is 11.5. The highest BCUT2D eigenvalue weighted by atomic mass is 19.4. The van der Waals surface area contributed by atoms with E-state index in [2.05, 4.69) is 10.6 Å². The van der Waals surface area contributed by atoms with Crippen molar-refractivity contribution in [3.63, 3.8) is 0 Å². The summed E-state index contributed by atoms with van der Waals surface area (Å²) in [5.41, 5.74) is 0.449. The lowest BCUT2D eigenvalue weighted by Crippen LogP contribution is -2.27. The maximum absolute atomic E-state index is 12.5. The molecule has 134 valence electrons. The van der Waals surface area contributed by atoms with Gasteiger partial charge in [-0.25, -0.2) is 0 Å². The summed E-state index contributed by atoms with van der Waals surface area (Å²) in [5.74, 6) is -0.553. The maximum atomic E-state index is 12.5. The number of rotatable bonds is 6. The van der Waals surface area contributed by atoms with Gasteiger partial charge in [0.15, 0.2) is 0 Å². The zero-order valence-corrected chi connectivity index (χ0v) is 13.7. The minimum Gasteiger partial charge on any atom is -0.360 e. The highest BCUT2D eigenvalue weighted by molar-refractivity contribution is 5.97. The van der Waals surface area contributed by atoms with E-state index in [1.54, 1.807) is 6.07 Å². The van der Waals surface area contributed by atoms with Gasteiger partial charge in [-0.3, -0.25) is 4.79 Å². The van der Waals surface area contributed by atoms with Gasteiger partial charge in [0.2, 0.25) is 0 Å². The summed E-state index contributed by atoms with van der Waals surface area (Å²) in [7, 11) is 0. The van der Waals surface area contributed by atoms with Crippen LogP contribution in [0.4, 0.5) is 18.9 Å². The van der Waals surface area contributed by atoms with Crippen LogP contribution in [0.15, 0.2) is 66.4 Å². The van der Waals surface area contributed by atoms with Crippen LogP contribution in [-0.2, 0) is 17.4 Å². The Hall–Kier alpha value is -3.27. The average Bonchev–Trinajstić information content (AvgIpc) is 2.63. The van der Waals surface area contributed by atoms with Crippen LogP contribution in [0.5, 0.6) is 0 Å². The number of benzene rings is 2. The molecule has 2 aromatic rings. The van der Waals surface area contributed by atoms with Crippen molar-refractivity contribution < 1.29 is 18.0 Å². The molecule has 2 N–H and O–H groups in total. The predicted octanol–water partition coefficient (Wildman–Crippen LogP) is 3.88. The average molecular weight is 359 g/mol. The Kier molecular flexibility index (Phi) is 6.39. The summed E-state index contributed by atoms with van der Waals surface area (Å²) >= 11 is 0. The first-order valence-electron chi connectivity index (χ1n) is 7.76. The number of nitrogens with zero attached hydrogens (tertiary/aromatic N) is 1. The highest BCUT2D eigenvalue weighted by Crippen LogP contribution is 2.29. The molecule has 0 aliphatic carbocycles. The summed E-state index contributed by atoms with van der Waals surface area (Å²) < 4.78 is 37.5. The van der Waals surface area contributed by atoms with Crippen molar-refractivity contribution in [2.45, 2.75) is 12.6 Å². The number of halogens is 3. The molecule has 0 aliphatic heterocycles. The van der Waals surface area contributed by atoms with Crippen molar-refractivity contribution in [1.82, 2.24) is 5.32 Å². The molecule has 2 aromatic carbocycles. The quantitative estimate of drug-likeness (QED) is 0.608. The summed E-state index contributed by atoms with van der Waals surface area (Å²) in [6.07, 6.45) is -2.62. The number of hydrogen-bond donors (Lipinski definition) is 2. The number of carbonyl (C=O) groups excluding carboxylic acids is 1. The van der Waals surface area contributed by atoms with Crippen LogP contribution in [0, 0.1) is 11.3 Å². The first kappa shape index (κ1) is 19.1. The number of alkyl halides is 3. The number of carbonyl (C=O) groups is 1. The van der Waals surface area contributed by atoms with Gasteiger partial charge in [0.05, 0.1) is 5.56 Å². The molecular weight excluding hydrogens is 343 g/mol. The van der Waals surface area contributed by atoms with Gasteiger partial charge in [0.25, 0.3) is 5.91 Å². The van der Waals surface area contributed by atoms with Crippen LogP contribution in [0.3, 0.4) is 0 Å². The Balaban J connectivity index is 1.90. The fourth-order valence-corrected chi connectivity index (χ4v) is 2.12. The Morgan fingerprint density at radius 3 is 2.31 bits per heavy atom. The standard InChI is InChI=1S/C19H16F3N3O/c20-19(21,22)16-6-8-17(9-7-16)25-13-15(12-23)18(26)24-11-10-14-4-2-1-3-5-14/h1-9,13,25H,10-11H2,(H,24,26)/b15-13-. The second-order valence-electron chi connectivity index (χ2n) is 5.38. The van der Waals surface area contributed by atoms with Crippen molar-refractivity contribution in [1.29, 1.82) is 5.26 Å². The van der Waals surface area contributed by atoms with E-state index in [1.165, 1.54) is 18.3 Å². The number of amides is 1. The zero-order chi connectivity index (χ0) is 19.0. The maximum Gasteiger partial charge on any atom is 0.416 e. The third-order valence-corrected chi connectivity index (χ3v) is 3.50. The van der Waals surface area contributed by atoms with Crippen LogP contribution in [0.1, 0.15) is 11.1 Å². The molecule has 0 atom stereocenters. The van der Waals surface area contributed by atoms with Gasteiger partial charge in [0, 0.05) is 18.4 Å². The van der Waals surface area contributed by atoms with E-state index in [0.717, 1.165) is 17.7 Å². The van der Waals surface area contributed by atoms with Crippen LogP contribution in [-0.4, -0.2) is 12.5 Å². The van der Waals surface area contributed by atoms with E-state index in [1.807, 2.05) is 30.3 Å². The van der Waals surface area contributed by atoms with Crippen LogP contribution in [0.25, 0.3) is 0 Å². The molecule has 0 aromatic heterocycles. The molecular formula is C19H16F3N3O. The molecule has 0 fully saturated rings. The van der Waals surface area contributed by atoms with Crippen molar-refractivity contribution >= 4 is 11.6 Å². The van der Waals surface area contributed by atoms with E-state index in [4.69, 9.17) is 5.26 Å². The summed E-state index contributed by atoms with van der Waals surface area (Å²) in [4.78, 5) is 12.0. The minimum atomic E-state index is -4.41. The van der Waals surface area contributed by atoms with Crippen LogP contribution < -0.4 is 10.6 Å². The summed E-state index contributed by atoms with van der Waals surface area (Å²) in [6.45, 7) is 0.363. The lowest BCUT2D eigenvalue weighted by molar-refractivity contribution is -0.137. The number of nitrogens with one attached hydrogen (secondary N) is 2. The van der Waals surface area contributed by atoms with Gasteiger partial charge in [-0.2, -0.15) is 18.4 Å². The van der Waals surface area contributed by atoms with E-state index in [0.29, 0.717) is 18.7 Å². The third-order valence-electron chi connectivity index (χ3n) is 3.50. The van der Waals surface area contributed by atoms with Crippen molar-refractivity contribution in [3.05, 3.63) is 77.5 Å². The smallest absolute Gasteiger partial charge is 0.360 e. The molecule has 0 bridgehead atoms. The number of nitriles is 1. The minimum absolute atomic E-state index is 0.169. The summed E-state index contributed by atoms with van der Waals surface area (Å²) in [5, 5.41) is 14.4. The molecule has 4 nitrogen and oxygen atoms in total. The van der Waals surface area contributed by atoms with Gasteiger partial charge in [-0.05, 0) is 36.2 Å². The fraction of sp³-hybridized carbons (Fsp3) is 0.158. The van der Waals surface area contributed by atoms with Crippen LogP contribution >= 0.6 is 0 Å². The fourth-order valence-electron chi connectivity index (χ4n) is 2.12. The van der Waals surface area contributed by atoms with Crippen molar-refractivity contribution in [2.24, 2.45) is 0 Å². The van der Waals surface area contributed by atoms with Crippen molar-refractivity contribution in [3.8, 4) is 6.07 Å². The molecule has 0 aliphatic rings. The SMILES string of the molecule is N#C/C(=C/Nc1ccc(C(F)(F)F)cc1)C(=O)NCCc1ccccc1. The van der Waals surface area contributed by atoms with Gasteiger partial charge >= 0.3 is 6.18 Å². The van der Waals surface area contributed by atoms with Crippen molar-refractivity contribution in [2.75, 3.05) is 11.9 Å². The topological polar surface area (TPSA) is 64.9 Å².